The largest absolute Gasteiger partial charge is 0.480 e. The van der Waals surface area contributed by atoms with E-state index in [0.717, 1.165) is 21.6 Å². The van der Waals surface area contributed by atoms with Crippen molar-refractivity contribution in [3.8, 4) is 0 Å². The second kappa shape index (κ2) is 44.2. The molecule has 5 heterocycles. The highest BCUT2D eigenvalue weighted by Gasteiger charge is 2.44. The molecule has 6 rings (SSSR count). The van der Waals surface area contributed by atoms with Crippen molar-refractivity contribution < 1.29 is 67.4 Å². The number of thioether (sulfide) groups is 1. The highest BCUT2D eigenvalue weighted by Crippen LogP contribution is 2.26. The van der Waals surface area contributed by atoms with Crippen LogP contribution in [0.4, 0.5) is 0 Å². The highest BCUT2D eigenvalue weighted by molar-refractivity contribution is 8.76. The first-order chi connectivity index (χ1) is 50.7. The molecule has 0 aliphatic carbocycles. The predicted octanol–water partition coefficient (Wildman–Crippen LogP) is -4.00. The van der Waals surface area contributed by atoms with Crippen LogP contribution in [0.1, 0.15) is 121 Å². The number of unbranched alkanes of at least 4 members (excludes halogenated alkanes) is 1. The maximum absolute atomic E-state index is 14.9. The average Bonchev–Trinajstić information content (AvgIpc) is 1.63. The molecular weight excluding hydrogens is 1430 g/mol. The molecule has 0 bridgehead atoms. The summed E-state index contributed by atoms with van der Waals surface area (Å²) in [5, 5.41) is 34.6. The van der Waals surface area contributed by atoms with Gasteiger partial charge in [-0.1, -0.05) is 65.8 Å². The number of carboxylic acids is 1. The molecular formula is C67H106N22O14S3. The molecule has 4 aliphatic rings. The molecule has 39 heteroatoms. The van der Waals surface area contributed by atoms with E-state index in [-0.39, 0.29) is 146 Å². The van der Waals surface area contributed by atoms with E-state index >= 15 is 0 Å². The number of nitrogens with two attached hydrogens (primary N) is 6. The minimum Gasteiger partial charge on any atom is -0.480 e. The number of aromatic nitrogens is 2. The number of aromatic amines is 1. The Morgan fingerprint density at radius 3 is 1.90 bits per heavy atom. The van der Waals surface area contributed by atoms with Gasteiger partial charge in [0.2, 0.25) is 70.9 Å². The lowest BCUT2D eigenvalue weighted by Crippen LogP contribution is -2.61. The Morgan fingerprint density at radius 1 is 0.660 bits per heavy atom. The number of imidazole rings is 1. The zero-order valence-corrected chi connectivity index (χ0v) is 62.7. The van der Waals surface area contributed by atoms with Gasteiger partial charge in [0.05, 0.1) is 18.9 Å². The summed E-state index contributed by atoms with van der Waals surface area (Å²) >= 11 is 1.43. The van der Waals surface area contributed by atoms with Crippen molar-refractivity contribution in [3.63, 3.8) is 0 Å². The fraction of sp³-hybridized carbons (Fsp3) is 0.642. The summed E-state index contributed by atoms with van der Waals surface area (Å²) in [6, 6.07) is -6.11. The fourth-order valence-corrected chi connectivity index (χ4v) is 15.5. The smallest absolute Gasteiger partial charge is 0.326 e. The van der Waals surface area contributed by atoms with Crippen LogP contribution >= 0.6 is 33.3 Å². The highest BCUT2D eigenvalue weighted by atomic mass is 33.1. The van der Waals surface area contributed by atoms with E-state index in [9.17, 15) is 67.4 Å². The van der Waals surface area contributed by atoms with Gasteiger partial charge < -0.3 is 107 Å². The topological polar surface area (TPSA) is 570 Å². The van der Waals surface area contributed by atoms with Gasteiger partial charge in [-0.05, 0) is 126 Å². The SMILES string of the molecule is CSCC[C@H](NC(=O)[C@@H]1CCCN1C(=O)CNC(=O)[C@H](CCCCN)NC(=O)[C@H](Cc1cnc[nH]1)NC(=O)C1CSSC[C@H](N)C(=O)NC(CCCN=C(N)N)C(=O)N2CCC[C@H]2C(=O)N[C@@H](CCCN=C(N)N)C(=O)NC(CC(C)C)C(=O)N1)C(=O)N1CCC[C@H]1C(=O)N[C@@H](Cc1ccccc1)C(=O)O. The molecule has 1 aromatic carbocycles. The first-order valence-corrected chi connectivity index (χ1v) is 39.7. The van der Waals surface area contributed by atoms with E-state index < -0.39 is 156 Å². The number of H-pyrrole nitrogens is 1. The number of likely N-dealkylation sites (tertiary alicyclic amines) is 2. The molecule has 4 aliphatic heterocycles. The summed E-state index contributed by atoms with van der Waals surface area (Å²) in [7, 11) is 2.10. The summed E-state index contributed by atoms with van der Waals surface area (Å²) in [4.78, 5) is 204. The Balaban J connectivity index is 1.19. The maximum Gasteiger partial charge on any atom is 0.326 e. The van der Waals surface area contributed by atoms with Crippen molar-refractivity contribution >= 4 is 122 Å². The molecule has 2 aromatic rings. The Hall–Kier alpha value is -8.95. The number of rotatable bonds is 34. The molecule has 12 amide bonds. The summed E-state index contributed by atoms with van der Waals surface area (Å²) in [6.45, 7) is 3.83. The van der Waals surface area contributed by atoms with Gasteiger partial charge in [-0.15, -0.1) is 0 Å². The van der Waals surface area contributed by atoms with E-state index in [1.54, 1.807) is 44.2 Å². The Bertz CT molecular complexity index is 3370. The van der Waals surface area contributed by atoms with Crippen LogP contribution in [0.25, 0.3) is 0 Å². The minimum absolute atomic E-state index is 0.00709. The molecule has 4 fully saturated rings. The number of guanidine groups is 2. The number of amides is 12. The molecule has 12 atom stereocenters. The van der Waals surface area contributed by atoms with E-state index in [1.807, 2.05) is 6.26 Å². The van der Waals surface area contributed by atoms with Crippen LogP contribution in [0.5, 0.6) is 0 Å². The average molecular weight is 1540 g/mol. The molecule has 1 aromatic heterocycles. The van der Waals surface area contributed by atoms with Gasteiger partial charge in [0.1, 0.15) is 66.5 Å². The second-order valence-corrected chi connectivity index (χ2v) is 30.4. The lowest BCUT2D eigenvalue weighted by atomic mass is 10.0. The molecule has 3 unspecified atom stereocenters. The van der Waals surface area contributed by atoms with Gasteiger partial charge >= 0.3 is 5.97 Å². The second-order valence-electron chi connectivity index (χ2n) is 26.9. The van der Waals surface area contributed by atoms with Gasteiger partial charge in [-0.3, -0.25) is 67.5 Å². The monoisotopic (exact) mass is 1540 g/mol. The number of carboxylic acid groups (broad SMARTS) is 1. The number of nitrogens with zero attached hydrogens (tertiary/aromatic N) is 6. The van der Waals surface area contributed by atoms with Crippen LogP contribution in [-0.2, 0) is 75.2 Å². The number of benzene rings is 1. The lowest BCUT2D eigenvalue weighted by Gasteiger charge is -2.31. The zero-order valence-electron chi connectivity index (χ0n) is 60.3. The van der Waals surface area contributed by atoms with E-state index in [0.29, 0.717) is 49.1 Å². The summed E-state index contributed by atoms with van der Waals surface area (Å²) in [5.74, 6) is -10.4. The number of hydrogen-bond acceptors (Lipinski definition) is 21. The molecule has 0 saturated carbocycles. The van der Waals surface area contributed by atoms with Crippen molar-refractivity contribution in [2.24, 2.45) is 50.3 Å². The number of carbonyl (C=O) groups excluding carboxylic acids is 12. The third kappa shape index (κ3) is 27.4. The van der Waals surface area contributed by atoms with Crippen molar-refractivity contribution in [1.82, 2.24) is 72.5 Å². The van der Waals surface area contributed by atoms with E-state index in [1.165, 1.54) is 39.0 Å². The number of hydrogen-bond donors (Lipinski definition) is 17. The van der Waals surface area contributed by atoms with Crippen molar-refractivity contribution in [2.75, 3.05) is 69.3 Å². The van der Waals surface area contributed by atoms with Crippen molar-refractivity contribution in [1.29, 1.82) is 0 Å². The summed E-state index contributed by atoms with van der Waals surface area (Å²) in [5.41, 5.74) is 35.7. The number of aliphatic carboxylic acids is 1. The van der Waals surface area contributed by atoms with Crippen molar-refractivity contribution in [3.05, 3.63) is 54.1 Å². The summed E-state index contributed by atoms with van der Waals surface area (Å²) < 4.78 is 0. The fourth-order valence-electron chi connectivity index (χ4n) is 12.8. The molecule has 36 nitrogen and oxygen atoms in total. The molecule has 0 radical (unpaired) electrons. The quantitative estimate of drug-likeness (QED) is 0.0137. The minimum atomic E-state index is -1.49. The zero-order chi connectivity index (χ0) is 77.4. The molecule has 586 valence electrons. The van der Waals surface area contributed by atoms with Crippen LogP contribution in [0.15, 0.2) is 52.8 Å². The number of aliphatic imine (C=N–C) groups is 2. The number of nitrogens with one attached hydrogen (secondary N) is 10. The van der Waals surface area contributed by atoms with Gasteiger partial charge in [0.15, 0.2) is 11.9 Å². The van der Waals surface area contributed by atoms with Crippen LogP contribution < -0.4 is 82.3 Å². The van der Waals surface area contributed by atoms with E-state index in [4.69, 9.17) is 34.4 Å². The van der Waals surface area contributed by atoms with E-state index in [2.05, 4.69) is 67.8 Å². The van der Waals surface area contributed by atoms with Gasteiger partial charge in [0, 0.05) is 69.0 Å². The lowest BCUT2D eigenvalue weighted by molar-refractivity contribution is -0.145. The van der Waals surface area contributed by atoms with Crippen LogP contribution in [0.2, 0.25) is 0 Å². The Morgan fingerprint density at radius 2 is 1.26 bits per heavy atom. The standard InChI is InChI=1S/C67H106N22O14S3/c1-38(2)30-46-57(94)86-49(36-106-105-35-41(69)54(91)81-44(18-10-25-76-67(72)73)63(100)88-27-12-20-51(88)61(98)80-43(56(93)83-46)17-9-24-75-66(70)71)59(96)84-47(32-40-33-74-37-78-40)58(95)79-42(16-7-8-23-68)55(92)77-34-53(90)87-26-11-19-50(87)60(97)82-45(22-29-104-3)64(101)89-28-13-21-52(89)62(99)85-48(65(102)103)31-39-14-5-4-6-15-39/h4-6,14-15,33,37-38,41-52H,7-13,16-32,34-36,68-69H2,1-3H3,(H,74,78)(H,77,92)(H,79,95)(H,80,98)(H,81,91)(H,82,97)(H,83,93)(H,84,96)(H,85,99)(H,86,94)(H,102,103)(H4,70,71,75)(H4,72,73,76)/t41-,42-,43-,44?,45-,46?,47-,48-,49?,50-,51-,52-/m0/s1. The first kappa shape index (κ1) is 86.0. The predicted molar refractivity (Wildman–Crippen MR) is 401 cm³/mol. The third-order valence-electron chi connectivity index (χ3n) is 18.3. The van der Waals surface area contributed by atoms with Gasteiger partial charge in [-0.25, -0.2) is 9.78 Å². The molecule has 4 saturated heterocycles. The molecule has 0 spiro atoms. The maximum atomic E-state index is 14.9. The number of carbonyl (C=O) groups is 13. The molecule has 23 N–H and O–H groups in total. The van der Waals surface area contributed by atoms with Crippen LogP contribution in [-0.4, -0.2) is 260 Å². The van der Waals surface area contributed by atoms with Crippen LogP contribution in [0.3, 0.4) is 0 Å². The third-order valence-corrected chi connectivity index (χ3v) is 21.4. The normalized spacial score (nSPS) is 22.4. The van der Waals surface area contributed by atoms with Gasteiger partial charge in [0.25, 0.3) is 0 Å². The summed E-state index contributed by atoms with van der Waals surface area (Å²) in [6.07, 6.45) is 7.69. The molecule has 106 heavy (non-hydrogen) atoms. The number of fused-ring (bicyclic) bond motifs is 1. The first-order valence-electron chi connectivity index (χ1n) is 35.8. The Labute approximate surface area is 628 Å². The van der Waals surface area contributed by atoms with Gasteiger partial charge in [-0.2, -0.15) is 11.8 Å². The van der Waals surface area contributed by atoms with Crippen molar-refractivity contribution in [2.45, 2.75) is 196 Å². The van der Waals surface area contributed by atoms with Crippen LogP contribution in [0, 0.1) is 5.92 Å². The Kier molecular flexibility index (Phi) is 35.9.